The van der Waals surface area contributed by atoms with Crippen molar-refractivity contribution in [3.05, 3.63) is 52.0 Å². The third-order valence-electron chi connectivity index (χ3n) is 4.54. The average Bonchev–Trinajstić information content (AvgIpc) is 3.08. The molecule has 0 amide bonds. The Hall–Kier alpha value is -2.31. The fourth-order valence-electron chi connectivity index (χ4n) is 3.31. The van der Waals surface area contributed by atoms with Crippen LogP contribution in [-0.4, -0.2) is 13.7 Å². The summed E-state index contributed by atoms with van der Waals surface area (Å²) in [7, 11) is 5.16. The molecule has 0 fully saturated rings. The standard InChI is InChI=1S/C21H22N2O2S2/c1-5-25-13-10-11-15-14(12-13)18-19(21(2,3)23-15)26-27-20(18)22-16-8-6-7-9-17(16)24-4/h6-12,23H,5H2,1-4H3. The minimum absolute atomic E-state index is 0.148. The van der Waals surface area contributed by atoms with Crippen LogP contribution in [0.2, 0.25) is 0 Å². The van der Waals surface area contributed by atoms with Gasteiger partial charge in [0.15, 0.2) is 0 Å². The summed E-state index contributed by atoms with van der Waals surface area (Å²) < 4.78 is 12.2. The number of fused-ring (bicyclic) bond motifs is 3. The Morgan fingerprint density at radius 3 is 2.70 bits per heavy atom. The van der Waals surface area contributed by atoms with Gasteiger partial charge in [0.25, 0.3) is 0 Å². The minimum Gasteiger partial charge on any atom is -0.494 e. The molecule has 0 atom stereocenters. The minimum atomic E-state index is -0.148. The maximum Gasteiger partial charge on any atom is 0.144 e. The molecule has 27 heavy (non-hydrogen) atoms. The fourth-order valence-corrected chi connectivity index (χ4v) is 6.24. The number of benzene rings is 2. The second-order valence-electron chi connectivity index (χ2n) is 6.85. The molecule has 1 aliphatic heterocycles. The number of ether oxygens (including phenoxy) is 2. The van der Waals surface area contributed by atoms with E-state index in [1.807, 2.05) is 37.3 Å². The molecule has 2 aromatic carbocycles. The first-order chi connectivity index (χ1) is 13.0. The monoisotopic (exact) mass is 398 g/mol. The summed E-state index contributed by atoms with van der Waals surface area (Å²) in [4.78, 5) is 6.25. The zero-order chi connectivity index (χ0) is 19.0. The van der Waals surface area contributed by atoms with Gasteiger partial charge in [-0.2, -0.15) is 0 Å². The van der Waals surface area contributed by atoms with E-state index in [0.29, 0.717) is 6.61 Å². The topological polar surface area (TPSA) is 42.9 Å². The molecule has 4 rings (SSSR count). The molecule has 1 aliphatic rings. The van der Waals surface area contributed by atoms with E-state index in [9.17, 15) is 0 Å². The highest BCUT2D eigenvalue weighted by Crippen LogP contribution is 2.46. The third kappa shape index (κ3) is 3.24. The number of hydrogen-bond donors (Lipinski definition) is 1. The van der Waals surface area contributed by atoms with Gasteiger partial charge < -0.3 is 14.8 Å². The molecule has 1 aromatic heterocycles. The van der Waals surface area contributed by atoms with Crippen molar-refractivity contribution in [3.8, 4) is 22.6 Å². The van der Waals surface area contributed by atoms with Crippen molar-refractivity contribution >= 4 is 32.1 Å². The molecule has 3 aromatic rings. The van der Waals surface area contributed by atoms with Crippen molar-refractivity contribution < 1.29 is 9.47 Å². The Morgan fingerprint density at radius 1 is 1.11 bits per heavy atom. The molecule has 140 valence electrons. The van der Waals surface area contributed by atoms with E-state index >= 15 is 0 Å². The largest absolute Gasteiger partial charge is 0.494 e. The number of anilines is 1. The number of methoxy groups -OCH3 is 1. The first-order valence-corrected chi connectivity index (χ1v) is 11.0. The van der Waals surface area contributed by atoms with Gasteiger partial charge in [-0.05, 0) is 51.1 Å². The van der Waals surface area contributed by atoms with Gasteiger partial charge in [-0.25, -0.2) is 4.99 Å². The molecule has 1 N–H and O–H groups in total. The first kappa shape index (κ1) is 18.1. The van der Waals surface area contributed by atoms with E-state index in [-0.39, 0.29) is 5.54 Å². The van der Waals surface area contributed by atoms with E-state index in [4.69, 9.17) is 14.5 Å². The number of rotatable bonds is 4. The second kappa shape index (κ2) is 7.02. The van der Waals surface area contributed by atoms with Crippen LogP contribution in [-0.2, 0) is 5.54 Å². The average molecular weight is 399 g/mol. The van der Waals surface area contributed by atoms with Crippen LogP contribution in [0.4, 0.5) is 11.4 Å². The number of nitrogens with one attached hydrogen (secondary N) is 1. The van der Waals surface area contributed by atoms with Gasteiger partial charge in [0.1, 0.15) is 21.9 Å². The summed E-state index contributed by atoms with van der Waals surface area (Å²) in [5, 5.41) is 3.66. The van der Waals surface area contributed by atoms with Crippen LogP contribution in [0.3, 0.4) is 0 Å². The van der Waals surface area contributed by atoms with Crippen LogP contribution in [0.1, 0.15) is 25.6 Å². The van der Waals surface area contributed by atoms with Crippen molar-refractivity contribution in [2.24, 2.45) is 4.99 Å². The molecule has 0 radical (unpaired) electrons. The lowest BCUT2D eigenvalue weighted by Crippen LogP contribution is -2.31. The maximum atomic E-state index is 5.74. The third-order valence-corrected chi connectivity index (χ3v) is 7.18. The highest BCUT2D eigenvalue weighted by atomic mass is 32.9. The van der Waals surface area contributed by atoms with Gasteiger partial charge in [0, 0.05) is 16.8 Å². The Morgan fingerprint density at radius 2 is 1.93 bits per heavy atom. The number of nitrogens with zero attached hydrogens (tertiary/aromatic N) is 1. The van der Waals surface area contributed by atoms with Gasteiger partial charge in [0.2, 0.25) is 0 Å². The Bertz CT molecular complexity index is 1050. The van der Waals surface area contributed by atoms with E-state index in [0.717, 1.165) is 33.1 Å². The molecule has 0 saturated carbocycles. The Kier molecular flexibility index (Phi) is 4.70. The predicted octanol–water partition coefficient (Wildman–Crippen LogP) is 5.78. The van der Waals surface area contributed by atoms with E-state index in [2.05, 4.69) is 31.3 Å². The number of hydrogen-bond acceptors (Lipinski definition) is 6. The van der Waals surface area contributed by atoms with Gasteiger partial charge >= 0.3 is 0 Å². The first-order valence-electron chi connectivity index (χ1n) is 8.90. The Labute approximate surface area is 166 Å². The van der Waals surface area contributed by atoms with Crippen LogP contribution < -0.4 is 19.5 Å². The van der Waals surface area contributed by atoms with Gasteiger partial charge in [-0.3, -0.25) is 0 Å². The van der Waals surface area contributed by atoms with Crippen molar-refractivity contribution in [1.29, 1.82) is 0 Å². The normalized spacial score (nSPS) is 14.9. The molecule has 4 nitrogen and oxygen atoms in total. The molecule has 0 saturated heterocycles. The molecule has 6 heteroatoms. The zero-order valence-electron chi connectivity index (χ0n) is 15.8. The lowest BCUT2D eigenvalue weighted by atomic mass is 9.90. The van der Waals surface area contributed by atoms with E-state index in [1.165, 1.54) is 10.4 Å². The summed E-state index contributed by atoms with van der Waals surface area (Å²) in [6.45, 7) is 7.07. The summed E-state index contributed by atoms with van der Waals surface area (Å²) in [6.07, 6.45) is 0. The van der Waals surface area contributed by atoms with Gasteiger partial charge in [0.05, 0.1) is 24.1 Å². The maximum absolute atomic E-state index is 5.74. The summed E-state index contributed by atoms with van der Waals surface area (Å²) in [6, 6.07) is 14.1. The summed E-state index contributed by atoms with van der Waals surface area (Å²) >= 11 is 0. The SMILES string of the molecule is CCOc1ccc2c(c1)-c1c(ssc1=Nc1ccccc1OC)C(C)(C)N2. The van der Waals surface area contributed by atoms with Crippen LogP contribution >= 0.6 is 20.7 Å². The summed E-state index contributed by atoms with van der Waals surface area (Å²) in [5.74, 6) is 1.66. The molecule has 0 bridgehead atoms. The summed E-state index contributed by atoms with van der Waals surface area (Å²) in [5.41, 5.74) is 4.14. The number of para-hydroxylation sites is 2. The van der Waals surface area contributed by atoms with Crippen molar-refractivity contribution in [1.82, 2.24) is 0 Å². The molecule has 0 aliphatic carbocycles. The highest BCUT2D eigenvalue weighted by Gasteiger charge is 2.33. The molecular weight excluding hydrogens is 376 g/mol. The molecule has 0 spiro atoms. The van der Waals surface area contributed by atoms with Crippen LogP contribution in [0.5, 0.6) is 11.5 Å². The van der Waals surface area contributed by atoms with E-state index < -0.39 is 0 Å². The van der Waals surface area contributed by atoms with E-state index in [1.54, 1.807) is 27.8 Å². The predicted molar refractivity (Wildman–Crippen MR) is 114 cm³/mol. The van der Waals surface area contributed by atoms with Crippen molar-refractivity contribution in [3.63, 3.8) is 0 Å². The Balaban J connectivity index is 1.96. The van der Waals surface area contributed by atoms with Crippen molar-refractivity contribution in [2.45, 2.75) is 26.3 Å². The van der Waals surface area contributed by atoms with Crippen LogP contribution in [0, 0.1) is 0 Å². The lowest BCUT2D eigenvalue weighted by molar-refractivity contribution is 0.340. The van der Waals surface area contributed by atoms with Crippen molar-refractivity contribution in [2.75, 3.05) is 19.0 Å². The second-order valence-corrected chi connectivity index (χ2v) is 8.98. The van der Waals surface area contributed by atoms with Gasteiger partial charge in [-0.15, -0.1) is 0 Å². The molecule has 2 heterocycles. The zero-order valence-corrected chi connectivity index (χ0v) is 17.5. The molecule has 0 unspecified atom stereocenters. The van der Waals surface area contributed by atoms with Crippen LogP contribution in [0.25, 0.3) is 11.1 Å². The van der Waals surface area contributed by atoms with Crippen LogP contribution in [0.15, 0.2) is 47.5 Å². The quantitative estimate of drug-likeness (QED) is 0.567. The highest BCUT2D eigenvalue weighted by molar-refractivity contribution is 7.68. The lowest BCUT2D eigenvalue weighted by Gasteiger charge is -2.33. The van der Waals surface area contributed by atoms with Gasteiger partial charge in [-0.1, -0.05) is 32.8 Å². The molecular formula is C21H22N2O2S2. The smallest absolute Gasteiger partial charge is 0.144 e. The fraction of sp³-hybridized carbons (Fsp3) is 0.286.